The van der Waals surface area contributed by atoms with E-state index in [1.165, 1.54) is 16.3 Å². The van der Waals surface area contributed by atoms with Gasteiger partial charge in [0.15, 0.2) is 0 Å². The van der Waals surface area contributed by atoms with E-state index < -0.39 is 0 Å². The Balaban J connectivity index is 1.73. The van der Waals surface area contributed by atoms with E-state index in [4.69, 9.17) is 0 Å². The van der Waals surface area contributed by atoms with Gasteiger partial charge in [0.05, 0.1) is 5.69 Å². The Morgan fingerprint density at radius 2 is 1.23 bits per heavy atom. The highest BCUT2D eigenvalue weighted by Gasteiger charge is 2.02. The summed E-state index contributed by atoms with van der Waals surface area (Å²) >= 11 is 0. The Morgan fingerprint density at radius 3 is 2.00 bits per heavy atom. The van der Waals surface area contributed by atoms with Crippen LogP contribution in [0.1, 0.15) is 0 Å². The van der Waals surface area contributed by atoms with Gasteiger partial charge in [-0.1, -0.05) is 72.8 Å². The summed E-state index contributed by atoms with van der Waals surface area (Å²) in [6.07, 6.45) is 1.94. The summed E-state index contributed by atoms with van der Waals surface area (Å²) in [4.78, 5) is 4.63. The molecular formula is C21H15N. The lowest BCUT2D eigenvalue weighted by atomic mass is 10.0. The van der Waals surface area contributed by atoms with Gasteiger partial charge in [-0.3, -0.25) is 4.98 Å². The fourth-order valence-corrected chi connectivity index (χ4v) is 2.71. The average Bonchev–Trinajstić information content (AvgIpc) is 2.62. The van der Waals surface area contributed by atoms with Crippen LogP contribution < -0.4 is 0 Å². The lowest BCUT2D eigenvalue weighted by molar-refractivity contribution is 1.33. The van der Waals surface area contributed by atoms with Crippen molar-refractivity contribution in [2.45, 2.75) is 0 Å². The van der Waals surface area contributed by atoms with Crippen molar-refractivity contribution in [3.63, 3.8) is 0 Å². The molecule has 4 rings (SSSR count). The molecular weight excluding hydrogens is 266 g/mol. The number of hydrogen-bond donors (Lipinski definition) is 0. The SMILES string of the molecule is c1ccc(-c2ccc(-c3ccc4ccccc4c3)nc2)cc1. The molecule has 0 bridgehead atoms. The number of aromatic nitrogens is 1. The summed E-state index contributed by atoms with van der Waals surface area (Å²) in [6.45, 7) is 0. The molecule has 0 saturated heterocycles. The maximum Gasteiger partial charge on any atom is 0.0702 e. The summed E-state index contributed by atoms with van der Waals surface area (Å²) in [6, 6.07) is 29.4. The first-order valence-corrected chi connectivity index (χ1v) is 7.41. The van der Waals surface area contributed by atoms with Gasteiger partial charge in [-0.2, -0.15) is 0 Å². The number of pyridine rings is 1. The van der Waals surface area contributed by atoms with Crippen LogP contribution in [0.2, 0.25) is 0 Å². The topological polar surface area (TPSA) is 12.9 Å². The number of rotatable bonds is 2. The summed E-state index contributed by atoms with van der Waals surface area (Å²) in [5.41, 5.74) is 4.49. The average molecular weight is 281 g/mol. The summed E-state index contributed by atoms with van der Waals surface area (Å²) in [5.74, 6) is 0. The number of benzene rings is 3. The van der Waals surface area contributed by atoms with E-state index in [-0.39, 0.29) is 0 Å². The van der Waals surface area contributed by atoms with Crippen molar-refractivity contribution in [2.24, 2.45) is 0 Å². The third kappa shape index (κ3) is 2.38. The first-order chi connectivity index (χ1) is 10.9. The second-order valence-electron chi connectivity index (χ2n) is 5.36. The van der Waals surface area contributed by atoms with E-state index in [0.717, 1.165) is 16.8 Å². The molecule has 1 aromatic heterocycles. The molecule has 4 aromatic rings. The first-order valence-electron chi connectivity index (χ1n) is 7.41. The van der Waals surface area contributed by atoms with Crippen molar-refractivity contribution >= 4 is 10.8 Å². The van der Waals surface area contributed by atoms with Crippen molar-refractivity contribution in [3.8, 4) is 22.4 Å². The predicted molar refractivity (Wildman–Crippen MR) is 92.6 cm³/mol. The second kappa shape index (κ2) is 5.45. The normalized spacial score (nSPS) is 10.7. The van der Waals surface area contributed by atoms with Gasteiger partial charge in [-0.05, 0) is 28.5 Å². The molecule has 1 heterocycles. The zero-order chi connectivity index (χ0) is 14.8. The molecule has 0 atom stereocenters. The van der Waals surface area contributed by atoms with E-state index in [0.29, 0.717) is 0 Å². The maximum absolute atomic E-state index is 4.63. The minimum Gasteiger partial charge on any atom is -0.256 e. The summed E-state index contributed by atoms with van der Waals surface area (Å²) < 4.78 is 0. The van der Waals surface area contributed by atoms with Gasteiger partial charge in [0, 0.05) is 17.3 Å². The molecule has 0 aliphatic carbocycles. The largest absolute Gasteiger partial charge is 0.256 e. The predicted octanol–water partition coefficient (Wildman–Crippen LogP) is 5.57. The Bertz CT molecular complexity index is 909. The van der Waals surface area contributed by atoms with Crippen molar-refractivity contribution in [3.05, 3.63) is 91.1 Å². The molecule has 0 radical (unpaired) electrons. The Hall–Kier alpha value is -2.93. The summed E-state index contributed by atoms with van der Waals surface area (Å²) in [7, 11) is 0. The van der Waals surface area contributed by atoms with Crippen molar-refractivity contribution in [2.75, 3.05) is 0 Å². The standard InChI is InChI=1S/C21H15N/c1-2-6-16(7-3-1)20-12-13-21(22-15-20)19-11-10-17-8-4-5-9-18(17)14-19/h1-15H. The lowest BCUT2D eigenvalue weighted by Crippen LogP contribution is -1.85. The fourth-order valence-electron chi connectivity index (χ4n) is 2.71. The maximum atomic E-state index is 4.63. The number of hydrogen-bond acceptors (Lipinski definition) is 1. The van der Waals surface area contributed by atoms with Crippen LogP contribution >= 0.6 is 0 Å². The molecule has 0 aliphatic rings. The first kappa shape index (κ1) is 12.8. The molecule has 22 heavy (non-hydrogen) atoms. The third-order valence-electron chi connectivity index (χ3n) is 3.92. The van der Waals surface area contributed by atoms with Crippen LogP contribution in [-0.4, -0.2) is 4.98 Å². The lowest BCUT2D eigenvalue weighted by Gasteiger charge is -2.05. The minimum atomic E-state index is 1.01. The highest BCUT2D eigenvalue weighted by atomic mass is 14.7. The van der Waals surface area contributed by atoms with E-state index in [9.17, 15) is 0 Å². The molecule has 1 nitrogen and oxygen atoms in total. The van der Waals surface area contributed by atoms with Crippen LogP contribution in [0.25, 0.3) is 33.2 Å². The fraction of sp³-hybridized carbons (Fsp3) is 0. The Kier molecular flexibility index (Phi) is 3.17. The molecule has 104 valence electrons. The molecule has 0 spiro atoms. The van der Waals surface area contributed by atoms with Crippen molar-refractivity contribution in [1.82, 2.24) is 4.98 Å². The Labute approximate surface area is 129 Å². The summed E-state index contributed by atoms with van der Waals surface area (Å²) in [5, 5.41) is 2.50. The zero-order valence-electron chi connectivity index (χ0n) is 12.1. The monoisotopic (exact) mass is 281 g/mol. The highest BCUT2D eigenvalue weighted by molar-refractivity contribution is 5.86. The van der Waals surface area contributed by atoms with Gasteiger partial charge in [-0.25, -0.2) is 0 Å². The Morgan fingerprint density at radius 1 is 0.500 bits per heavy atom. The van der Waals surface area contributed by atoms with E-state index in [2.05, 4.69) is 71.7 Å². The van der Waals surface area contributed by atoms with Crippen LogP contribution in [0, 0.1) is 0 Å². The zero-order valence-corrected chi connectivity index (χ0v) is 12.1. The van der Waals surface area contributed by atoms with E-state index >= 15 is 0 Å². The van der Waals surface area contributed by atoms with Crippen LogP contribution in [0.4, 0.5) is 0 Å². The smallest absolute Gasteiger partial charge is 0.0702 e. The third-order valence-corrected chi connectivity index (χ3v) is 3.92. The van der Waals surface area contributed by atoms with Gasteiger partial charge in [-0.15, -0.1) is 0 Å². The molecule has 0 aliphatic heterocycles. The molecule has 0 N–H and O–H groups in total. The quantitative estimate of drug-likeness (QED) is 0.468. The van der Waals surface area contributed by atoms with Crippen LogP contribution in [-0.2, 0) is 0 Å². The molecule has 0 amide bonds. The van der Waals surface area contributed by atoms with Crippen LogP contribution in [0.15, 0.2) is 91.1 Å². The van der Waals surface area contributed by atoms with Gasteiger partial charge < -0.3 is 0 Å². The second-order valence-corrected chi connectivity index (χ2v) is 5.36. The molecule has 1 heteroatoms. The van der Waals surface area contributed by atoms with Crippen molar-refractivity contribution in [1.29, 1.82) is 0 Å². The minimum absolute atomic E-state index is 1.01. The van der Waals surface area contributed by atoms with Gasteiger partial charge >= 0.3 is 0 Å². The molecule has 0 unspecified atom stereocenters. The number of fused-ring (bicyclic) bond motifs is 1. The van der Waals surface area contributed by atoms with Crippen LogP contribution in [0.3, 0.4) is 0 Å². The molecule has 0 saturated carbocycles. The van der Waals surface area contributed by atoms with Gasteiger partial charge in [0.1, 0.15) is 0 Å². The van der Waals surface area contributed by atoms with Gasteiger partial charge in [0.25, 0.3) is 0 Å². The van der Waals surface area contributed by atoms with Crippen LogP contribution in [0.5, 0.6) is 0 Å². The number of nitrogens with zero attached hydrogens (tertiary/aromatic N) is 1. The van der Waals surface area contributed by atoms with E-state index in [1.807, 2.05) is 24.4 Å². The molecule has 0 fully saturated rings. The molecule has 3 aromatic carbocycles. The highest BCUT2D eigenvalue weighted by Crippen LogP contribution is 2.25. The van der Waals surface area contributed by atoms with Crippen molar-refractivity contribution < 1.29 is 0 Å². The van der Waals surface area contributed by atoms with E-state index in [1.54, 1.807) is 0 Å². The van der Waals surface area contributed by atoms with Gasteiger partial charge in [0.2, 0.25) is 0 Å².